The summed E-state index contributed by atoms with van der Waals surface area (Å²) in [7, 11) is 0. The summed E-state index contributed by atoms with van der Waals surface area (Å²) in [5, 5.41) is 3.33. The van der Waals surface area contributed by atoms with Crippen molar-refractivity contribution in [1.82, 2.24) is 15.3 Å². The minimum Gasteiger partial charge on any atom is -0.353 e. The first-order chi connectivity index (χ1) is 11.1. The van der Waals surface area contributed by atoms with Crippen LogP contribution in [0.1, 0.15) is 46.0 Å². The summed E-state index contributed by atoms with van der Waals surface area (Å²) in [5.41, 5.74) is 0. The Kier molecular flexibility index (Phi) is 5.13. The second-order valence-electron chi connectivity index (χ2n) is 7.22. The summed E-state index contributed by atoms with van der Waals surface area (Å²) in [6.07, 6.45) is 9.14. The molecule has 0 bridgehead atoms. The molecule has 3 rings (SSSR count). The lowest BCUT2D eigenvalue weighted by Crippen LogP contribution is -2.49. The Labute approximate surface area is 138 Å². The van der Waals surface area contributed by atoms with E-state index in [9.17, 15) is 4.79 Å². The van der Waals surface area contributed by atoms with E-state index in [1.807, 2.05) is 6.07 Å². The van der Waals surface area contributed by atoms with E-state index in [1.54, 1.807) is 12.4 Å². The third-order valence-corrected chi connectivity index (χ3v) is 5.66. The van der Waals surface area contributed by atoms with E-state index in [0.29, 0.717) is 17.9 Å². The monoisotopic (exact) mass is 316 g/mol. The first-order valence-corrected chi connectivity index (χ1v) is 8.97. The Balaban J connectivity index is 1.59. The van der Waals surface area contributed by atoms with Gasteiger partial charge in [0.25, 0.3) is 0 Å². The van der Waals surface area contributed by atoms with Crippen LogP contribution in [0.25, 0.3) is 0 Å². The number of nitrogens with zero attached hydrogens (tertiary/aromatic N) is 3. The SMILES string of the molecule is CC1CCCC(NC(=O)C2CCCN(c3ncccn3)C2)C1C. The van der Waals surface area contributed by atoms with Crippen LogP contribution in [0.4, 0.5) is 5.95 Å². The van der Waals surface area contributed by atoms with Crippen LogP contribution in [0.2, 0.25) is 0 Å². The highest BCUT2D eigenvalue weighted by atomic mass is 16.2. The molecule has 0 aromatic carbocycles. The number of hydrogen-bond donors (Lipinski definition) is 1. The molecule has 2 aliphatic rings. The van der Waals surface area contributed by atoms with Crippen LogP contribution in [0.15, 0.2) is 18.5 Å². The van der Waals surface area contributed by atoms with E-state index in [4.69, 9.17) is 0 Å². The van der Waals surface area contributed by atoms with Crippen molar-refractivity contribution < 1.29 is 4.79 Å². The third kappa shape index (κ3) is 3.82. The Bertz CT molecular complexity index is 521. The predicted molar refractivity (Wildman–Crippen MR) is 91.1 cm³/mol. The molecule has 23 heavy (non-hydrogen) atoms. The van der Waals surface area contributed by atoms with Crippen molar-refractivity contribution in [3.05, 3.63) is 18.5 Å². The Hall–Kier alpha value is -1.65. The summed E-state index contributed by atoms with van der Waals surface area (Å²) < 4.78 is 0. The quantitative estimate of drug-likeness (QED) is 0.931. The number of carbonyl (C=O) groups excluding carboxylic acids is 1. The first kappa shape index (κ1) is 16.2. The maximum absolute atomic E-state index is 12.7. The van der Waals surface area contributed by atoms with Gasteiger partial charge in [0.15, 0.2) is 0 Å². The maximum Gasteiger partial charge on any atom is 0.225 e. The number of rotatable bonds is 3. The van der Waals surface area contributed by atoms with Crippen molar-refractivity contribution in [1.29, 1.82) is 0 Å². The maximum atomic E-state index is 12.7. The summed E-state index contributed by atoms with van der Waals surface area (Å²) in [6, 6.07) is 2.16. The van der Waals surface area contributed by atoms with Crippen molar-refractivity contribution in [3.63, 3.8) is 0 Å². The van der Waals surface area contributed by atoms with Crippen molar-refractivity contribution in [2.45, 2.75) is 52.0 Å². The molecule has 126 valence electrons. The molecule has 0 radical (unpaired) electrons. The number of carbonyl (C=O) groups is 1. The van der Waals surface area contributed by atoms with E-state index in [-0.39, 0.29) is 11.8 Å². The molecule has 4 unspecified atom stereocenters. The molecule has 1 aromatic heterocycles. The molecule has 1 aromatic rings. The number of anilines is 1. The van der Waals surface area contributed by atoms with Gasteiger partial charge in [0, 0.05) is 31.5 Å². The number of amides is 1. The summed E-state index contributed by atoms with van der Waals surface area (Å²) in [4.78, 5) is 23.5. The molecule has 5 nitrogen and oxygen atoms in total. The highest BCUT2D eigenvalue weighted by Crippen LogP contribution is 2.30. The molecule has 0 spiro atoms. The minimum atomic E-state index is 0.0528. The smallest absolute Gasteiger partial charge is 0.225 e. The van der Waals surface area contributed by atoms with Crippen molar-refractivity contribution in [2.24, 2.45) is 17.8 Å². The van der Waals surface area contributed by atoms with Gasteiger partial charge in [-0.3, -0.25) is 4.79 Å². The fourth-order valence-corrected chi connectivity index (χ4v) is 3.91. The van der Waals surface area contributed by atoms with Gasteiger partial charge in [0.2, 0.25) is 11.9 Å². The molecule has 5 heteroatoms. The van der Waals surface area contributed by atoms with E-state index >= 15 is 0 Å². The zero-order chi connectivity index (χ0) is 16.2. The molecular formula is C18H28N4O. The van der Waals surface area contributed by atoms with Gasteiger partial charge in [-0.15, -0.1) is 0 Å². The molecule has 1 saturated heterocycles. The lowest BCUT2D eigenvalue weighted by molar-refractivity contribution is -0.126. The molecule has 1 saturated carbocycles. The molecule has 1 aliphatic carbocycles. The summed E-state index contributed by atoms with van der Waals surface area (Å²) in [6.45, 7) is 6.25. The van der Waals surface area contributed by atoms with Gasteiger partial charge in [-0.1, -0.05) is 26.7 Å². The largest absolute Gasteiger partial charge is 0.353 e. The van der Waals surface area contributed by atoms with E-state index in [1.165, 1.54) is 12.8 Å². The normalized spacial score (nSPS) is 31.7. The molecule has 1 N–H and O–H groups in total. The van der Waals surface area contributed by atoms with Gasteiger partial charge in [0.05, 0.1) is 5.92 Å². The Morgan fingerprint density at radius 2 is 1.96 bits per heavy atom. The fraction of sp³-hybridized carbons (Fsp3) is 0.722. The molecule has 2 fully saturated rings. The molecular weight excluding hydrogens is 288 g/mol. The highest BCUT2D eigenvalue weighted by molar-refractivity contribution is 5.79. The molecule has 2 heterocycles. The topological polar surface area (TPSA) is 58.1 Å². The lowest BCUT2D eigenvalue weighted by Gasteiger charge is -2.37. The first-order valence-electron chi connectivity index (χ1n) is 8.97. The van der Waals surface area contributed by atoms with E-state index < -0.39 is 0 Å². The van der Waals surface area contributed by atoms with Crippen molar-refractivity contribution in [3.8, 4) is 0 Å². The zero-order valence-corrected chi connectivity index (χ0v) is 14.2. The summed E-state index contributed by atoms with van der Waals surface area (Å²) in [5.74, 6) is 2.29. The minimum absolute atomic E-state index is 0.0528. The van der Waals surface area contributed by atoms with Crippen LogP contribution in [0, 0.1) is 17.8 Å². The van der Waals surface area contributed by atoms with Crippen LogP contribution < -0.4 is 10.2 Å². The molecule has 4 atom stereocenters. The molecule has 1 aliphatic heterocycles. The fourth-order valence-electron chi connectivity index (χ4n) is 3.91. The van der Waals surface area contributed by atoms with Gasteiger partial charge < -0.3 is 10.2 Å². The van der Waals surface area contributed by atoms with Crippen LogP contribution in [-0.2, 0) is 4.79 Å². The number of piperidine rings is 1. The highest BCUT2D eigenvalue weighted by Gasteiger charge is 2.32. The standard InChI is InChI=1S/C18H28N4O/c1-13-6-3-8-16(14(13)2)21-17(23)15-7-4-11-22(12-15)18-19-9-5-10-20-18/h5,9-10,13-16H,3-4,6-8,11-12H2,1-2H3,(H,21,23). The van der Waals surface area contributed by atoms with Gasteiger partial charge >= 0.3 is 0 Å². The molecule has 1 amide bonds. The van der Waals surface area contributed by atoms with Crippen LogP contribution in [-0.4, -0.2) is 35.0 Å². The number of aromatic nitrogens is 2. The lowest BCUT2D eigenvalue weighted by atomic mass is 9.78. The van der Waals surface area contributed by atoms with Crippen molar-refractivity contribution in [2.75, 3.05) is 18.0 Å². The Morgan fingerprint density at radius 1 is 1.17 bits per heavy atom. The van der Waals surface area contributed by atoms with Gasteiger partial charge in [-0.05, 0) is 37.2 Å². The predicted octanol–water partition coefficient (Wildman–Crippen LogP) is 2.63. The average molecular weight is 316 g/mol. The zero-order valence-electron chi connectivity index (χ0n) is 14.2. The summed E-state index contributed by atoms with van der Waals surface area (Å²) >= 11 is 0. The van der Waals surface area contributed by atoms with Gasteiger partial charge in [0.1, 0.15) is 0 Å². The van der Waals surface area contributed by atoms with Gasteiger partial charge in [-0.25, -0.2) is 9.97 Å². The number of hydrogen-bond acceptors (Lipinski definition) is 4. The third-order valence-electron chi connectivity index (χ3n) is 5.66. The van der Waals surface area contributed by atoms with Crippen LogP contribution in [0.5, 0.6) is 0 Å². The van der Waals surface area contributed by atoms with Gasteiger partial charge in [-0.2, -0.15) is 0 Å². The second-order valence-corrected chi connectivity index (χ2v) is 7.22. The second kappa shape index (κ2) is 7.28. The van der Waals surface area contributed by atoms with Crippen molar-refractivity contribution >= 4 is 11.9 Å². The van der Waals surface area contributed by atoms with E-state index in [0.717, 1.165) is 38.3 Å². The average Bonchev–Trinajstić information content (AvgIpc) is 2.60. The van der Waals surface area contributed by atoms with Crippen LogP contribution in [0.3, 0.4) is 0 Å². The van der Waals surface area contributed by atoms with E-state index in [2.05, 4.69) is 34.0 Å². The number of nitrogens with one attached hydrogen (secondary N) is 1. The van der Waals surface area contributed by atoms with Crippen LogP contribution >= 0.6 is 0 Å². The Morgan fingerprint density at radius 3 is 2.74 bits per heavy atom.